The topological polar surface area (TPSA) is 49.3 Å². The maximum Gasteiger partial charge on any atom is 0.220 e. The number of amides is 1. The Kier molecular flexibility index (Phi) is 5.96. The molecule has 2 N–H and O–H groups in total. The quantitative estimate of drug-likeness (QED) is 0.720. The van der Waals surface area contributed by atoms with Gasteiger partial charge in [-0.2, -0.15) is 0 Å². The van der Waals surface area contributed by atoms with Gasteiger partial charge in [0.2, 0.25) is 5.91 Å². The van der Waals surface area contributed by atoms with E-state index in [9.17, 15) is 9.90 Å². The highest BCUT2D eigenvalue weighted by Crippen LogP contribution is 2.28. The van der Waals surface area contributed by atoms with Gasteiger partial charge in [-0.1, -0.05) is 39.5 Å². The first-order chi connectivity index (χ1) is 8.09. The second-order valence-corrected chi connectivity index (χ2v) is 5.40. The van der Waals surface area contributed by atoms with Crippen LogP contribution in [0.15, 0.2) is 0 Å². The summed E-state index contributed by atoms with van der Waals surface area (Å²) in [5.41, 5.74) is -0.719. The molecular weight excluding hydrogens is 214 g/mol. The molecule has 0 aromatic carbocycles. The Morgan fingerprint density at radius 2 is 1.88 bits per heavy atom. The molecule has 0 heterocycles. The van der Waals surface area contributed by atoms with Crippen molar-refractivity contribution in [2.75, 3.05) is 6.54 Å². The van der Waals surface area contributed by atoms with Crippen LogP contribution in [0.1, 0.15) is 65.2 Å². The summed E-state index contributed by atoms with van der Waals surface area (Å²) in [6.45, 7) is 4.30. The second kappa shape index (κ2) is 7.00. The van der Waals surface area contributed by atoms with Gasteiger partial charge in [0, 0.05) is 13.0 Å². The number of nitrogens with one attached hydrogen (secondary N) is 1. The molecule has 3 heteroatoms. The van der Waals surface area contributed by atoms with Gasteiger partial charge in [-0.3, -0.25) is 4.79 Å². The lowest BCUT2D eigenvalue weighted by Gasteiger charge is -2.25. The molecule has 0 aliphatic heterocycles. The van der Waals surface area contributed by atoms with E-state index in [1.807, 2.05) is 13.8 Å². The van der Waals surface area contributed by atoms with Gasteiger partial charge in [-0.15, -0.1) is 0 Å². The number of aliphatic hydroxyl groups is 1. The molecule has 1 rings (SSSR count). The van der Waals surface area contributed by atoms with Crippen molar-refractivity contribution in [2.24, 2.45) is 5.92 Å². The van der Waals surface area contributed by atoms with Crippen LogP contribution in [0.4, 0.5) is 0 Å². The van der Waals surface area contributed by atoms with Gasteiger partial charge >= 0.3 is 0 Å². The molecule has 0 aromatic heterocycles. The van der Waals surface area contributed by atoms with Crippen molar-refractivity contribution in [2.45, 2.75) is 70.8 Å². The van der Waals surface area contributed by atoms with Crippen LogP contribution in [0.5, 0.6) is 0 Å². The first-order valence-corrected chi connectivity index (χ1v) is 7.08. The fraction of sp³-hybridized carbons (Fsp3) is 0.929. The fourth-order valence-electron chi connectivity index (χ4n) is 2.49. The average Bonchev–Trinajstić information content (AvgIpc) is 2.86. The molecule has 0 radical (unpaired) electrons. The van der Waals surface area contributed by atoms with Crippen LogP contribution < -0.4 is 5.32 Å². The van der Waals surface area contributed by atoms with Crippen molar-refractivity contribution in [3.8, 4) is 0 Å². The molecule has 17 heavy (non-hydrogen) atoms. The normalized spacial score (nSPS) is 17.4. The lowest BCUT2D eigenvalue weighted by Crippen LogP contribution is -2.42. The zero-order chi connectivity index (χ0) is 12.7. The maximum atomic E-state index is 11.7. The largest absolute Gasteiger partial charge is 0.388 e. The standard InChI is InChI=1S/C14H27NO2/c1-3-14(17,4-2)11-15-13(16)10-9-12-7-5-6-8-12/h12,17H,3-11H2,1-2H3,(H,15,16). The van der Waals surface area contributed by atoms with E-state index in [4.69, 9.17) is 0 Å². The number of hydrogen-bond acceptors (Lipinski definition) is 2. The monoisotopic (exact) mass is 241 g/mol. The first kappa shape index (κ1) is 14.5. The summed E-state index contributed by atoms with van der Waals surface area (Å²) in [6, 6.07) is 0. The van der Waals surface area contributed by atoms with Gasteiger partial charge in [0.15, 0.2) is 0 Å². The summed E-state index contributed by atoms with van der Waals surface area (Å²) in [5.74, 6) is 0.856. The Morgan fingerprint density at radius 1 is 1.29 bits per heavy atom. The van der Waals surface area contributed by atoms with Crippen LogP contribution in [0.3, 0.4) is 0 Å². The minimum absolute atomic E-state index is 0.0947. The predicted octanol–water partition coefficient (Wildman–Crippen LogP) is 2.62. The third kappa shape index (κ3) is 5.07. The van der Waals surface area contributed by atoms with Crippen LogP contribution >= 0.6 is 0 Å². The van der Waals surface area contributed by atoms with E-state index < -0.39 is 5.60 Å². The van der Waals surface area contributed by atoms with Gasteiger partial charge in [0.1, 0.15) is 0 Å². The maximum absolute atomic E-state index is 11.7. The minimum Gasteiger partial charge on any atom is -0.388 e. The summed E-state index contributed by atoms with van der Waals surface area (Å²) in [6.07, 6.45) is 8.26. The fourth-order valence-corrected chi connectivity index (χ4v) is 2.49. The van der Waals surface area contributed by atoms with Crippen molar-refractivity contribution < 1.29 is 9.90 Å². The van der Waals surface area contributed by atoms with Crippen LogP contribution in [-0.2, 0) is 4.79 Å². The molecule has 100 valence electrons. The highest BCUT2D eigenvalue weighted by molar-refractivity contribution is 5.75. The lowest BCUT2D eigenvalue weighted by atomic mass is 9.97. The van der Waals surface area contributed by atoms with Crippen molar-refractivity contribution in [1.82, 2.24) is 5.32 Å². The van der Waals surface area contributed by atoms with Crippen molar-refractivity contribution >= 4 is 5.91 Å². The van der Waals surface area contributed by atoms with Crippen LogP contribution in [-0.4, -0.2) is 23.2 Å². The molecule has 1 amide bonds. The number of carbonyl (C=O) groups excluding carboxylic acids is 1. The van der Waals surface area contributed by atoms with Crippen molar-refractivity contribution in [3.63, 3.8) is 0 Å². The summed E-state index contributed by atoms with van der Waals surface area (Å²) in [5, 5.41) is 12.9. The number of carbonyl (C=O) groups is 1. The highest BCUT2D eigenvalue weighted by Gasteiger charge is 2.23. The van der Waals surface area contributed by atoms with Crippen LogP contribution in [0.25, 0.3) is 0 Å². The van der Waals surface area contributed by atoms with E-state index in [1.54, 1.807) is 0 Å². The average molecular weight is 241 g/mol. The number of hydrogen-bond donors (Lipinski definition) is 2. The molecule has 0 bridgehead atoms. The Balaban J connectivity index is 2.16. The third-order valence-electron chi connectivity index (χ3n) is 4.19. The molecule has 3 nitrogen and oxygen atoms in total. The Hall–Kier alpha value is -0.570. The SMILES string of the molecule is CCC(O)(CC)CNC(=O)CCC1CCCC1. The van der Waals surface area contributed by atoms with Crippen molar-refractivity contribution in [3.05, 3.63) is 0 Å². The molecule has 1 aliphatic rings. The minimum atomic E-state index is -0.719. The molecule has 1 aliphatic carbocycles. The molecule has 0 unspecified atom stereocenters. The van der Waals surface area contributed by atoms with Crippen molar-refractivity contribution in [1.29, 1.82) is 0 Å². The highest BCUT2D eigenvalue weighted by atomic mass is 16.3. The lowest BCUT2D eigenvalue weighted by molar-refractivity contribution is -0.122. The molecule has 0 spiro atoms. The molecule has 0 atom stereocenters. The summed E-state index contributed by atoms with van der Waals surface area (Å²) < 4.78 is 0. The predicted molar refractivity (Wildman–Crippen MR) is 69.7 cm³/mol. The van der Waals surface area contributed by atoms with Gasteiger partial charge in [0.25, 0.3) is 0 Å². The zero-order valence-electron chi connectivity index (χ0n) is 11.3. The van der Waals surface area contributed by atoms with Crippen LogP contribution in [0.2, 0.25) is 0 Å². The smallest absolute Gasteiger partial charge is 0.220 e. The summed E-state index contributed by atoms with van der Waals surface area (Å²) in [4.78, 5) is 11.7. The van der Waals surface area contributed by atoms with E-state index in [2.05, 4.69) is 5.32 Å². The molecule has 1 fully saturated rings. The van der Waals surface area contributed by atoms with Gasteiger partial charge in [0.05, 0.1) is 5.60 Å². The number of rotatable bonds is 7. The molecule has 0 saturated heterocycles. The summed E-state index contributed by atoms with van der Waals surface area (Å²) >= 11 is 0. The van der Waals surface area contributed by atoms with E-state index in [0.717, 1.165) is 12.3 Å². The van der Waals surface area contributed by atoms with Gasteiger partial charge in [-0.05, 0) is 25.2 Å². The van der Waals surface area contributed by atoms with E-state index in [0.29, 0.717) is 25.8 Å². The zero-order valence-corrected chi connectivity index (χ0v) is 11.3. The Morgan fingerprint density at radius 3 is 2.41 bits per heavy atom. The van der Waals surface area contributed by atoms with Crippen LogP contribution in [0, 0.1) is 5.92 Å². The third-order valence-corrected chi connectivity index (χ3v) is 4.19. The van der Waals surface area contributed by atoms with E-state index in [-0.39, 0.29) is 5.91 Å². The van der Waals surface area contributed by atoms with Gasteiger partial charge < -0.3 is 10.4 Å². The molecular formula is C14H27NO2. The van der Waals surface area contributed by atoms with E-state index in [1.165, 1.54) is 25.7 Å². The molecule has 1 saturated carbocycles. The summed E-state index contributed by atoms with van der Waals surface area (Å²) in [7, 11) is 0. The van der Waals surface area contributed by atoms with E-state index >= 15 is 0 Å². The Labute approximate surface area is 105 Å². The van der Waals surface area contributed by atoms with Gasteiger partial charge in [-0.25, -0.2) is 0 Å². The first-order valence-electron chi connectivity index (χ1n) is 7.08. The second-order valence-electron chi connectivity index (χ2n) is 5.40. The molecule has 0 aromatic rings. The Bertz CT molecular complexity index is 230.